The summed E-state index contributed by atoms with van der Waals surface area (Å²) in [6.45, 7) is 2.24. The zero-order chi connectivity index (χ0) is 15.4. The summed E-state index contributed by atoms with van der Waals surface area (Å²) in [6, 6.07) is 10.9. The van der Waals surface area contributed by atoms with Crippen LogP contribution in [0.5, 0.6) is 0 Å². The van der Waals surface area contributed by atoms with Gasteiger partial charge in [0, 0.05) is 13.6 Å². The molecule has 21 heavy (non-hydrogen) atoms. The summed E-state index contributed by atoms with van der Waals surface area (Å²) in [5.74, 6) is -0.128. The number of nitrogen functional groups attached to an aromatic ring is 1. The summed E-state index contributed by atoms with van der Waals surface area (Å²) in [5, 5.41) is 8.77. The molecule has 0 unspecified atom stereocenters. The topological polar surface area (TPSA) is 83.0 Å². The highest BCUT2D eigenvalue weighted by atomic mass is 16.2. The molecule has 1 amide bonds. The standard InChI is InChI=1S/C16H16N4O/c1-11-15(7-14(18)9-19-11)16(21)20(2)10-13-5-3-12(8-17)4-6-13/h3-7,9H,10,18H2,1-2H3. The Morgan fingerprint density at radius 2 is 2.05 bits per heavy atom. The lowest BCUT2D eigenvalue weighted by molar-refractivity contribution is 0.0784. The molecular formula is C16H16N4O. The lowest BCUT2D eigenvalue weighted by atomic mass is 10.1. The van der Waals surface area contributed by atoms with Gasteiger partial charge in [-0.2, -0.15) is 5.26 Å². The number of hydrogen-bond donors (Lipinski definition) is 1. The molecule has 0 saturated heterocycles. The third-order valence-electron chi connectivity index (χ3n) is 3.19. The van der Waals surface area contributed by atoms with Gasteiger partial charge in [0.1, 0.15) is 0 Å². The molecule has 0 aliphatic rings. The van der Waals surface area contributed by atoms with Gasteiger partial charge in [-0.05, 0) is 30.7 Å². The Hall–Kier alpha value is -2.87. The maximum Gasteiger partial charge on any atom is 0.255 e. The summed E-state index contributed by atoms with van der Waals surface area (Å²) < 4.78 is 0. The van der Waals surface area contributed by atoms with Gasteiger partial charge in [0.25, 0.3) is 5.91 Å². The third-order valence-corrected chi connectivity index (χ3v) is 3.19. The quantitative estimate of drug-likeness (QED) is 0.933. The molecule has 1 heterocycles. The Morgan fingerprint density at radius 1 is 1.38 bits per heavy atom. The molecule has 0 radical (unpaired) electrons. The Kier molecular flexibility index (Phi) is 4.19. The van der Waals surface area contributed by atoms with Gasteiger partial charge in [-0.3, -0.25) is 9.78 Å². The van der Waals surface area contributed by atoms with Crippen molar-refractivity contribution in [1.29, 1.82) is 5.26 Å². The first-order valence-corrected chi connectivity index (χ1v) is 6.48. The average Bonchev–Trinajstić information content (AvgIpc) is 2.49. The van der Waals surface area contributed by atoms with Crippen molar-refractivity contribution in [3.8, 4) is 6.07 Å². The van der Waals surface area contributed by atoms with E-state index in [0.29, 0.717) is 29.1 Å². The van der Waals surface area contributed by atoms with E-state index in [4.69, 9.17) is 11.0 Å². The number of anilines is 1. The van der Waals surface area contributed by atoms with E-state index in [0.717, 1.165) is 5.56 Å². The van der Waals surface area contributed by atoms with Crippen molar-refractivity contribution in [3.63, 3.8) is 0 Å². The lowest BCUT2D eigenvalue weighted by Gasteiger charge is -2.18. The molecule has 0 saturated carbocycles. The van der Waals surface area contributed by atoms with Gasteiger partial charge in [0.2, 0.25) is 0 Å². The monoisotopic (exact) mass is 280 g/mol. The highest BCUT2D eigenvalue weighted by Gasteiger charge is 2.15. The fraction of sp³-hybridized carbons (Fsp3) is 0.188. The first-order valence-electron chi connectivity index (χ1n) is 6.48. The first kappa shape index (κ1) is 14.5. The van der Waals surface area contributed by atoms with Crippen LogP contribution in [0.25, 0.3) is 0 Å². The van der Waals surface area contributed by atoms with Crippen LogP contribution in [0.1, 0.15) is 27.2 Å². The molecule has 106 valence electrons. The van der Waals surface area contributed by atoms with Crippen molar-refractivity contribution in [2.24, 2.45) is 0 Å². The molecule has 2 N–H and O–H groups in total. The highest BCUT2D eigenvalue weighted by molar-refractivity contribution is 5.95. The van der Waals surface area contributed by atoms with Crippen LogP contribution >= 0.6 is 0 Å². The fourth-order valence-electron chi connectivity index (χ4n) is 2.00. The second kappa shape index (κ2) is 6.06. The van der Waals surface area contributed by atoms with Crippen LogP contribution in [-0.2, 0) is 6.54 Å². The van der Waals surface area contributed by atoms with E-state index in [1.54, 1.807) is 37.1 Å². The highest BCUT2D eigenvalue weighted by Crippen LogP contribution is 2.14. The smallest absolute Gasteiger partial charge is 0.255 e. The number of carbonyl (C=O) groups excluding carboxylic acids is 1. The van der Waals surface area contributed by atoms with Crippen LogP contribution in [0.4, 0.5) is 5.69 Å². The fourth-order valence-corrected chi connectivity index (χ4v) is 2.00. The van der Waals surface area contributed by atoms with E-state index in [1.807, 2.05) is 12.1 Å². The molecule has 2 aromatic rings. The van der Waals surface area contributed by atoms with Crippen molar-refractivity contribution in [1.82, 2.24) is 9.88 Å². The minimum Gasteiger partial charge on any atom is -0.397 e. The van der Waals surface area contributed by atoms with E-state index >= 15 is 0 Å². The number of nitrogens with zero attached hydrogens (tertiary/aromatic N) is 3. The number of carbonyl (C=O) groups is 1. The van der Waals surface area contributed by atoms with E-state index < -0.39 is 0 Å². The van der Waals surface area contributed by atoms with Crippen LogP contribution in [0.3, 0.4) is 0 Å². The predicted molar refractivity (Wildman–Crippen MR) is 80.3 cm³/mol. The number of benzene rings is 1. The van der Waals surface area contributed by atoms with E-state index in [1.165, 1.54) is 6.20 Å². The number of pyridine rings is 1. The molecule has 5 nitrogen and oxygen atoms in total. The molecule has 0 fully saturated rings. The number of nitriles is 1. The second-order valence-corrected chi connectivity index (χ2v) is 4.87. The zero-order valence-electron chi connectivity index (χ0n) is 12.0. The number of rotatable bonds is 3. The summed E-state index contributed by atoms with van der Waals surface area (Å²) in [7, 11) is 1.73. The Morgan fingerprint density at radius 3 is 2.67 bits per heavy atom. The maximum atomic E-state index is 12.4. The Balaban J connectivity index is 2.15. The van der Waals surface area contributed by atoms with Crippen LogP contribution < -0.4 is 5.73 Å². The predicted octanol–water partition coefficient (Wildman–Crippen LogP) is 2.12. The number of hydrogen-bond acceptors (Lipinski definition) is 4. The first-order chi connectivity index (χ1) is 10.0. The van der Waals surface area contributed by atoms with Gasteiger partial charge in [-0.25, -0.2) is 0 Å². The summed E-state index contributed by atoms with van der Waals surface area (Å²) in [5.41, 5.74) is 8.87. The van der Waals surface area contributed by atoms with Gasteiger partial charge in [-0.1, -0.05) is 12.1 Å². The number of aryl methyl sites for hydroxylation is 1. The molecule has 0 bridgehead atoms. The molecule has 2 rings (SSSR count). The molecule has 0 aliphatic heterocycles. The van der Waals surface area contributed by atoms with Crippen LogP contribution in [0, 0.1) is 18.3 Å². The molecule has 0 spiro atoms. The van der Waals surface area contributed by atoms with Crippen LogP contribution in [-0.4, -0.2) is 22.8 Å². The maximum absolute atomic E-state index is 12.4. The van der Waals surface area contributed by atoms with Crippen molar-refractivity contribution < 1.29 is 4.79 Å². The summed E-state index contributed by atoms with van der Waals surface area (Å²) in [6.07, 6.45) is 1.53. The van der Waals surface area contributed by atoms with Gasteiger partial charge in [-0.15, -0.1) is 0 Å². The number of amides is 1. The SMILES string of the molecule is Cc1ncc(N)cc1C(=O)N(C)Cc1ccc(C#N)cc1. The molecule has 1 aromatic carbocycles. The largest absolute Gasteiger partial charge is 0.397 e. The van der Waals surface area contributed by atoms with Crippen molar-refractivity contribution in [2.45, 2.75) is 13.5 Å². The summed E-state index contributed by atoms with van der Waals surface area (Å²) in [4.78, 5) is 18.1. The lowest BCUT2D eigenvalue weighted by Crippen LogP contribution is -2.27. The molecular weight excluding hydrogens is 264 g/mol. The van der Waals surface area contributed by atoms with Crippen molar-refractivity contribution >= 4 is 11.6 Å². The second-order valence-electron chi connectivity index (χ2n) is 4.87. The molecule has 0 atom stereocenters. The third kappa shape index (κ3) is 3.37. The Labute approximate surface area is 123 Å². The molecule has 0 aliphatic carbocycles. The summed E-state index contributed by atoms with van der Waals surface area (Å²) >= 11 is 0. The number of nitrogens with two attached hydrogens (primary N) is 1. The van der Waals surface area contributed by atoms with Gasteiger partial charge in [0.15, 0.2) is 0 Å². The van der Waals surface area contributed by atoms with E-state index in [9.17, 15) is 4.79 Å². The van der Waals surface area contributed by atoms with Gasteiger partial charge >= 0.3 is 0 Å². The minimum absolute atomic E-state index is 0.128. The average molecular weight is 280 g/mol. The van der Waals surface area contributed by atoms with Gasteiger partial charge < -0.3 is 10.6 Å². The molecule has 5 heteroatoms. The zero-order valence-corrected chi connectivity index (χ0v) is 12.0. The molecule has 1 aromatic heterocycles. The van der Waals surface area contributed by atoms with Crippen LogP contribution in [0.2, 0.25) is 0 Å². The van der Waals surface area contributed by atoms with E-state index in [2.05, 4.69) is 11.1 Å². The number of aromatic nitrogens is 1. The van der Waals surface area contributed by atoms with Crippen molar-refractivity contribution in [2.75, 3.05) is 12.8 Å². The van der Waals surface area contributed by atoms with Crippen LogP contribution in [0.15, 0.2) is 36.5 Å². The normalized spacial score (nSPS) is 9.95. The van der Waals surface area contributed by atoms with Crippen molar-refractivity contribution in [3.05, 3.63) is 58.9 Å². The van der Waals surface area contributed by atoms with Gasteiger partial charge in [0.05, 0.1) is 34.8 Å². The minimum atomic E-state index is -0.128. The van der Waals surface area contributed by atoms with E-state index in [-0.39, 0.29) is 5.91 Å². The Bertz CT molecular complexity index is 701.